The first-order valence-electron chi connectivity index (χ1n) is 5.90. The Hall–Kier alpha value is -1.61. The van der Waals surface area contributed by atoms with Gasteiger partial charge in [0.1, 0.15) is 6.42 Å². The molecular weight excluding hydrogens is 358 g/mol. The number of aromatic nitrogens is 5. The van der Waals surface area contributed by atoms with Gasteiger partial charge in [0.05, 0.1) is 7.11 Å². The minimum Gasteiger partial charge on any atom is -1.00 e. The van der Waals surface area contributed by atoms with Gasteiger partial charge in [-0.15, -0.1) is 20.4 Å². The first kappa shape index (κ1) is 17.4. The summed E-state index contributed by atoms with van der Waals surface area (Å²) in [6.45, 7) is 0.565. The van der Waals surface area contributed by atoms with E-state index in [1.807, 2.05) is 35.3 Å². The summed E-state index contributed by atoms with van der Waals surface area (Å²) in [5, 5.41) is 16.4. The standard InChI is InChI=1S/C12H14N5O2S.BrH/c1-19-10(18)5-8-17-6-3-9(4-7-17)11-13-15-12(20-2)16-14-11;/h3-4,6-7H,5,8H2,1-2H3;1H/q+1;/p-1. The van der Waals surface area contributed by atoms with Crippen molar-refractivity contribution >= 4 is 17.7 Å². The van der Waals surface area contributed by atoms with Gasteiger partial charge in [0, 0.05) is 17.7 Å². The molecule has 2 rings (SSSR count). The zero-order valence-corrected chi connectivity index (χ0v) is 14.0. The summed E-state index contributed by atoms with van der Waals surface area (Å²) in [7, 11) is 1.38. The molecule has 0 aliphatic carbocycles. The summed E-state index contributed by atoms with van der Waals surface area (Å²) in [5.41, 5.74) is 0.826. The molecule has 0 aliphatic rings. The van der Waals surface area contributed by atoms with Crippen LogP contribution in [-0.2, 0) is 16.1 Å². The van der Waals surface area contributed by atoms with Crippen LogP contribution in [0.1, 0.15) is 6.42 Å². The lowest BCUT2D eigenvalue weighted by molar-refractivity contribution is -0.695. The lowest BCUT2D eigenvalue weighted by Crippen LogP contribution is -3.00. The highest BCUT2D eigenvalue weighted by atomic mass is 79.9. The molecule has 0 amide bonds. The molecule has 0 radical (unpaired) electrons. The van der Waals surface area contributed by atoms with E-state index < -0.39 is 0 Å². The maximum Gasteiger partial charge on any atom is 0.311 e. The maximum absolute atomic E-state index is 11.1. The summed E-state index contributed by atoms with van der Waals surface area (Å²) in [5.74, 6) is 0.244. The number of aryl methyl sites for hydroxylation is 1. The molecule has 112 valence electrons. The molecule has 0 fully saturated rings. The molecule has 9 heteroatoms. The highest BCUT2D eigenvalue weighted by Crippen LogP contribution is 2.11. The van der Waals surface area contributed by atoms with Crippen LogP contribution in [0.15, 0.2) is 29.7 Å². The third-order valence-electron chi connectivity index (χ3n) is 2.59. The molecule has 0 aromatic carbocycles. The molecule has 0 N–H and O–H groups in total. The number of pyridine rings is 1. The van der Waals surface area contributed by atoms with E-state index in [2.05, 4.69) is 25.1 Å². The van der Waals surface area contributed by atoms with E-state index in [0.29, 0.717) is 23.9 Å². The number of rotatable bonds is 5. The molecule has 2 aromatic rings. The van der Waals surface area contributed by atoms with Crippen molar-refractivity contribution in [3.05, 3.63) is 24.5 Å². The number of esters is 1. The van der Waals surface area contributed by atoms with Gasteiger partial charge >= 0.3 is 5.97 Å². The topological polar surface area (TPSA) is 81.7 Å². The Bertz CT molecular complexity index is 579. The Morgan fingerprint density at radius 1 is 1.24 bits per heavy atom. The van der Waals surface area contributed by atoms with Crippen LogP contribution in [0.5, 0.6) is 0 Å². The van der Waals surface area contributed by atoms with Crippen LogP contribution in [-0.4, -0.2) is 39.7 Å². The van der Waals surface area contributed by atoms with E-state index in [4.69, 9.17) is 0 Å². The number of carbonyl (C=O) groups is 1. The zero-order valence-electron chi connectivity index (χ0n) is 11.6. The van der Waals surface area contributed by atoms with Gasteiger partial charge in [-0.25, -0.2) is 4.57 Å². The summed E-state index contributed by atoms with van der Waals surface area (Å²) in [4.78, 5) is 11.1. The van der Waals surface area contributed by atoms with Crippen LogP contribution < -0.4 is 21.5 Å². The number of hydrogen-bond donors (Lipinski definition) is 0. The molecule has 0 aliphatic heterocycles. The molecule has 0 saturated carbocycles. The van der Waals surface area contributed by atoms with Crippen molar-refractivity contribution in [2.75, 3.05) is 13.4 Å². The maximum atomic E-state index is 11.1. The van der Waals surface area contributed by atoms with E-state index in [1.54, 1.807) is 0 Å². The Kier molecular flexibility index (Phi) is 7.17. The van der Waals surface area contributed by atoms with Crippen molar-refractivity contribution in [1.82, 2.24) is 20.4 Å². The van der Waals surface area contributed by atoms with Gasteiger partial charge in [-0.05, 0) is 6.26 Å². The van der Waals surface area contributed by atoms with Crippen LogP contribution in [0.4, 0.5) is 0 Å². The van der Waals surface area contributed by atoms with Crippen molar-refractivity contribution in [2.24, 2.45) is 0 Å². The van der Waals surface area contributed by atoms with Crippen LogP contribution in [0, 0.1) is 0 Å². The van der Waals surface area contributed by atoms with Crippen LogP contribution in [0.25, 0.3) is 11.4 Å². The molecule has 0 bridgehead atoms. The van der Waals surface area contributed by atoms with Gasteiger partial charge in [-0.3, -0.25) is 4.79 Å². The minimum atomic E-state index is -0.231. The van der Waals surface area contributed by atoms with Crippen molar-refractivity contribution in [3.8, 4) is 11.4 Å². The van der Waals surface area contributed by atoms with Crippen molar-refractivity contribution in [1.29, 1.82) is 0 Å². The zero-order chi connectivity index (χ0) is 14.4. The monoisotopic (exact) mass is 371 g/mol. The van der Waals surface area contributed by atoms with Gasteiger partial charge in [0.25, 0.3) is 0 Å². The molecule has 0 spiro atoms. The molecule has 2 heterocycles. The second kappa shape index (κ2) is 8.63. The van der Waals surface area contributed by atoms with E-state index >= 15 is 0 Å². The molecule has 21 heavy (non-hydrogen) atoms. The second-order valence-electron chi connectivity index (χ2n) is 3.86. The molecule has 0 saturated heterocycles. The van der Waals surface area contributed by atoms with Gasteiger partial charge in [0.15, 0.2) is 18.9 Å². The molecule has 2 aromatic heterocycles. The summed E-state index contributed by atoms with van der Waals surface area (Å²) in [6, 6.07) is 3.71. The SMILES string of the molecule is COC(=O)CC[n+]1ccc(-c2nnc(SC)nn2)cc1.[Br-]. The third-order valence-corrected chi connectivity index (χ3v) is 3.12. The van der Waals surface area contributed by atoms with Gasteiger partial charge in [-0.1, -0.05) is 11.8 Å². The molecular formula is C12H14BrN5O2S. The molecule has 0 unspecified atom stereocenters. The number of nitrogens with zero attached hydrogens (tertiary/aromatic N) is 5. The lowest BCUT2D eigenvalue weighted by atomic mass is 10.2. The number of halogens is 1. The number of hydrogen-bond acceptors (Lipinski definition) is 7. The quantitative estimate of drug-likeness (QED) is 0.326. The van der Waals surface area contributed by atoms with Crippen molar-refractivity contribution in [3.63, 3.8) is 0 Å². The number of ether oxygens (including phenoxy) is 1. The fraction of sp³-hybridized carbons (Fsp3) is 0.333. The average molecular weight is 372 g/mol. The predicted molar refractivity (Wildman–Crippen MR) is 71.7 cm³/mol. The lowest BCUT2D eigenvalue weighted by Gasteiger charge is -1.99. The number of carbonyl (C=O) groups excluding carboxylic acids is 1. The highest BCUT2D eigenvalue weighted by Gasteiger charge is 2.09. The Morgan fingerprint density at radius 3 is 2.38 bits per heavy atom. The summed E-state index contributed by atoms with van der Waals surface area (Å²) in [6.07, 6.45) is 5.90. The normalized spacial score (nSPS) is 9.81. The smallest absolute Gasteiger partial charge is 0.311 e. The summed E-state index contributed by atoms with van der Waals surface area (Å²) >= 11 is 1.39. The Balaban J connectivity index is 0.00000220. The predicted octanol–water partition coefficient (Wildman–Crippen LogP) is -2.49. The first-order valence-corrected chi connectivity index (χ1v) is 7.13. The largest absolute Gasteiger partial charge is 1.00 e. The van der Waals surface area contributed by atoms with E-state index in [1.165, 1.54) is 18.9 Å². The fourth-order valence-corrected chi connectivity index (χ4v) is 1.74. The van der Waals surface area contributed by atoms with Gasteiger partial charge < -0.3 is 21.7 Å². The number of thioether (sulfide) groups is 1. The third kappa shape index (κ3) is 5.01. The van der Waals surface area contributed by atoms with Gasteiger partial charge in [0.2, 0.25) is 11.0 Å². The van der Waals surface area contributed by atoms with Crippen LogP contribution >= 0.6 is 11.8 Å². The molecule has 7 nitrogen and oxygen atoms in total. The van der Waals surface area contributed by atoms with Gasteiger partial charge in [-0.2, -0.15) is 0 Å². The second-order valence-corrected chi connectivity index (χ2v) is 4.63. The highest BCUT2D eigenvalue weighted by molar-refractivity contribution is 7.98. The van der Waals surface area contributed by atoms with E-state index in [9.17, 15) is 4.79 Å². The van der Waals surface area contributed by atoms with Crippen LogP contribution in [0.2, 0.25) is 0 Å². The van der Waals surface area contributed by atoms with Crippen molar-refractivity contribution < 1.29 is 31.1 Å². The number of methoxy groups -OCH3 is 1. The summed E-state index contributed by atoms with van der Waals surface area (Å²) < 4.78 is 6.48. The van der Waals surface area contributed by atoms with E-state index in [-0.39, 0.29) is 23.0 Å². The van der Waals surface area contributed by atoms with Crippen LogP contribution in [0.3, 0.4) is 0 Å². The van der Waals surface area contributed by atoms with E-state index in [0.717, 1.165) is 5.56 Å². The van der Waals surface area contributed by atoms with Crippen molar-refractivity contribution in [2.45, 2.75) is 18.1 Å². The fourth-order valence-electron chi connectivity index (χ4n) is 1.50. The Labute approximate surface area is 136 Å². The minimum absolute atomic E-state index is 0. The average Bonchev–Trinajstić information content (AvgIpc) is 2.53. The Morgan fingerprint density at radius 2 is 1.86 bits per heavy atom. The molecule has 0 atom stereocenters. The first-order chi connectivity index (χ1) is 9.72.